The first-order valence-electron chi connectivity index (χ1n) is 9.41. The Hall–Kier alpha value is -0.930. The van der Waals surface area contributed by atoms with Crippen LogP contribution in [0.25, 0.3) is 0 Å². The summed E-state index contributed by atoms with van der Waals surface area (Å²) in [5, 5.41) is 0. The lowest BCUT2D eigenvalue weighted by molar-refractivity contribution is 0.165. The van der Waals surface area contributed by atoms with Gasteiger partial charge in [-0.15, -0.1) is 0 Å². The molecule has 2 N–H and O–H groups in total. The molecule has 1 aromatic carbocycles. The number of likely N-dealkylation sites (tertiary alicyclic amines) is 1. The van der Waals surface area contributed by atoms with Crippen LogP contribution >= 0.6 is 0 Å². The van der Waals surface area contributed by atoms with Crippen molar-refractivity contribution in [2.75, 3.05) is 19.6 Å². The second kappa shape index (κ2) is 8.25. The normalized spacial score (nSPS) is 27.2. The largest absolute Gasteiger partial charge is 0.328 e. The monoisotopic (exact) mass is 318 g/mol. The first kappa shape index (κ1) is 16.9. The summed E-state index contributed by atoms with van der Waals surface area (Å²) >= 11 is 0. The minimum Gasteiger partial charge on any atom is -0.328 e. The van der Waals surface area contributed by atoms with Gasteiger partial charge < -0.3 is 10.6 Å². The van der Waals surface area contributed by atoms with Crippen molar-refractivity contribution in [2.24, 2.45) is 17.6 Å². The van der Waals surface area contributed by atoms with Crippen molar-refractivity contribution in [1.29, 1.82) is 0 Å². The summed E-state index contributed by atoms with van der Waals surface area (Å²) in [6.07, 6.45) is 10.0. The number of piperidine rings is 1. The van der Waals surface area contributed by atoms with E-state index in [4.69, 9.17) is 5.73 Å². The molecule has 0 unspecified atom stereocenters. The molecule has 1 aliphatic heterocycles. The number of nitrogens with zero attached hydrogens (tertiary/aromatic N) is 1. The fourth-order valence-corrected chi connectivity index (χ4v) is 4.25. The van der Waals surface area contributed by atoms with Crippen LogP contribution in [0, 0.1) is 17.7 Å². The van der Waals surface area contributed by atoms with Crippen LogP contribution in [0.2, 0.25) is 0 Å². The molecular formula is C20H31FN2. The molecule has 0 atom stereocenters. The van der Waals surface area contributed by atoms with Crippen molar-refractivity contribution in [1.82, 2.24) is 4.90 Å². The van der Waals surface area contributed by atoms with Crippen molar-refractivity contribution in [3.63, 3.8) is 0 Å². The van der Waals surface area contributed by atoms with E-state index in [9.17, 15) is 4.39 Å². The lowest BCUT2D eigenvalue weighted by atomic mass is 9.84. The Morgan fingerprint density at radius 3 is 2.43 bits per heavy atom. The van der Waals surface area contributed by atoms with Gasteiger partial charge in [-0.2, -0.15) is 0 Å². The molecule has 1 heterocycles. The molecule has 1 aromatic rings. The SMILES string of the molecule is NC1CCC(CCN2CCC(Cc3cccc(F)c3)CC2)CC1. The summed E-state index contributed by atoms with van der Waals surface area (Å²) in [7, 11) is 0. The molecule has 2 fully saturated rings. The Labute approximate surface area is 140 Å². The van der Waals surface area contributed by atoms with Crippen LogP contribution in [0.3, 0.4) is 0 Å². The second-order valence-corrected chi connectivity index (χ2v) is 7.69. The molecule has 0 spiro atoms. The minimum absolute atomic E-state index is 0.105. The van der Waals surface area contributed by atoms with Crippen molar-refractivity contribution in [3.8, 4) is 0 Å². The first-order chi connectivity index (χ1) is 11.2. The smallest absolute Gasteiger partial charge is 0.123 e. The van der Waals surface area contributed by atoms with Crippen LogP contribution in [-0.2, 0) is 6.42 Å². The molecule has 0 amide bonds. The summed E-state index contributed by atoms with van der Waals surface area (Å²) in [6.45, 7) is 3.69. The van der Waals surface area contributed by atoms with Crippen LogP contribution in [0.4, 0.5) is 4.39 Å². The van der Waals surface area contributed by atoms with E-state index in [1.165, 1.54) is 70.6 Å². The fraction of sp³-hybridized carbons (Fsp3) is 0.700. The molecule has 128 valence electrons. The molecular weight excluding hydrogens is 287 g/mol. The summed E-state index contributed by atoms with van der Waals surface area (Å²) in [6, 6.07) is 7.58. The van der Waals surface area contributed by atoms with Crippen LogP contribution in [0.1, 0.15) is 50.5 Å². The van der Waals surface area contributed by atoms with Gasteiger partial charge in [-0.1, -0.05) is 12.1 Å². The highest BCUT2D eigenvalue weighted by molar-refractivity contribution is 5.17. The van der Waals surface area contributed by atoms with Crippen molar-refractivity contribution in [2.45, 2.75) is 57.4 Å². The standard InChI is InChI=1S/C20H31FN2/c21-19-3-1-2-18(15-19)14-17-9-12-23(13-10-17)11-8-16-4-6-20(22)7-5-16/h1-3,15-17,20H,4-14,22H2. The lowest BCUT2D eigenvalue weighted by Crippen LogP contribution is -2.36. The van der Waals surface area contributed by atoms with E-state index in [-0.39, 0.29) is 5.82 Å². The Balaban J connectivity index is 1.35. The van der Waals surface area contributed by atoms with Crippen LogP contribution in [0.5, 0.6) is 0 Å². The van der Waals surface area contributed by atoms with Gasteiger partial charge in [0.1, 0.15) is 5.82 Å². The van der Waals surface area contributed by atoms with Crippen LogP contribution in [0.15, 0.2) is 24.3 Å². The maximum atomic E-state index is 13.3. The highest BCUT2D eigenvalue weighted by atomic mass is 19.1. The molecule has 2 nitrogen and oxygen atoms in total. The maximum Gasteiger partial charge on any atom is 0.123 e. The van der Waals surface area contributed by atoms with Crippen LogP contribution in [-0.4, -0.2) is 30.6 Å². The summed E-state index contributed by atoms with van der Waals surface area (Å²) in [5.74, 6) is 1.52. The van der Waals surface area contributed by atoms with Gasteiger partial charge in [0.05, 0.1) is 0 Å². The molecule has 0 aromatic heterocycles. The third-order valence-corrected chi connectivity index (χ3v) is 5.87. The zero-order valence-corrected chi connectivity index (χ0v) is 14.2. The lowest BCUT2D eigenvalue weighted by Gasteiger charge is -2.34. The van der Waals surface area contributed by atoms with E-state index in [0.717, 1.165) is 23.8 Å². The van der Waals surface area contributed by atoms with E-state index in [2.05, 4.69) is 11.0 Å². The molecule has 1 saturated carbocycles. The maximum absolute atomic E-state index is 13.3. The zero-order chi connectivity index (χ0) is 16.1. The van der Waals surface area contributed by atoms with Gasteiger partial charge in [0, 0.05) is 6.04 Å². The molecule has 3 heteroatoms. The quantitative estimate of drug-likeness (QED) is 0.889. The van der Waals surface area contributed by atoms with E-state index >= 15 is 0 Å². The third-order valence-electron chi connectivity index (χ3n) is 5.87. The third kappa shape index (κ3) is 5.29. The van der Waals surface area contributed by atoms with E-state index in [0.29, 0.717) is 6.04 Å². The van der Waals surface area contributed by atoms with Crippen LogP contribution < -0.4 is 5.73 Å². The van der Waals surface area contributed by atoms with Gasteiger partial charge >= 0.3 is 0 Å². The highest BCUT2D eigenvalue weighted by Crippen LogP contribution is 2.27. The van der Waals surface area contributed by atoms with E-state index in [1.807, 2.05) is 6.07 Å². The molecule has 0 bridgehead atoms. The topological polar surface area (TPSA) is 29.3 Å². The average molecular weight is 318 g/mol. The van der Waals surface area contributed by atoms with E-state index < -0.39 is 0 Å². The van der Waals surface area contributed by atoms with Gasteiger partial charge in [-0.05, 0) is 101 Å². The van der Waals surface area contributed by atoms with E-state index in [1.54, 1.807) is 6.07 Å². The van der Waals surface area contributed by atoms with Gasteiger partial charge in [-0.3, -0.25) is 0 Å². The van der Waals surface area contributed by atoms with Gasteiger partial charge in [0.25, 0.3) is 0 Å². The predicted octanol–water partition coefficient (Wildman–Crippen LogP) is 3.99. The predicted molar refractivity (Wildman–Crippen MR) is 93.8 cm³/mol. The molecule has 0 radical (unpaired) electrons. The number of nitrogens with two attached hydrogens (primary N) is 1. The Morgan fingerprint density at radius 2 is 1.74 bits per heavy atom. The zero-order valence-electron chi connectivity index (χ0n) is 14.2. The Kier molecular flexibility index (Phi) is 6.07. The molecule has 1 saturated heterocycles. The summed E-state index contributed by atoms with van der Waals surface area (Å²) < 4.78 is 13.3. The minimum atomic E-state index is -0.105. The summed E-state index contributed by atoms with van der Waals surface area (Å²) in [5.41, 5.74) is 7.14. The van der Waals surface area contributed by atoms with Crippen molar-refractivity contribution < 1.29 is 4.39 Å². The fourth-order valence-electron chi connectivity index (χ4n) is 4.25. The average Bonchev–Trinajstić information content (AvgIpc) is 2.56. The van der Waals surface area contributed by atoms with Gasteiger partial charge in [-0.25, -0.2) is 4.39 Å². The highest BCUT2D eigenvalue weighted by Gasteiger charge is 2.22. The Morgan fingerprint density at radius 1 is 1.00 bits per heavy atom. The second-order valence-electron chi connectivity index (χ2n) is 7.69. The van der Waals surface area contributed by atoms with Gasteiger partial charge in [0.15, 0.2) is 0 Å². The number of hydrogen-bond donors (Lipinski definition) is 1. The number of hydrogen-bond acceptors (Lipinski definition) is 2. The first-order valence-corrected chi connectivity index (χ1v) is 9.41. The molecule has 3 rings (SSSR count). The Bertz CT molecular complexity index is 474. The number of rotatable bonds is 5. The van der Waals surface area contributed by atoms with Crippen molar-refractivity contribution >= 4 is 0 Å². The molecule has 23 heavy (non-hydrogen) atoms. The van der Waals surface area contributed by atoms with Crippen molar-refractivity contribution in [3.05, 3.63) is 35.6 Å². The molecule has 1 aliphatic carbocycles. The number of halogens is 1. The van der Waals surface area contributed by atoms with Gasteiger partial charge in [0.2, 0.25) is 0 Å². The summed E-state index contributed by atoms with van der Waals surface area (Å²) in [4.78, 5) is 2.64. The number of benzene rings is 1. The molecule has 2 aliphatic rings.